The molecule has 1 heteroatoms. The van der Waals surface area contributed by atoms with Crippen molar-refractivity contribution in [3.05, 3.63) is 180 Å². The maximum Gasteiger partial charge on any atom is 0.0726 e. The molecule has 0 N–H and O–H groups in total. The summed E-state index contributed by atoms with van der Waals surface area (Å²) in [6.45, 7) is 0. The normalized spacial score (nSPS) is 16.0. The van der Waals surface area contributed by atoms with Gasteiger partial charge in [0.15, 0.2) is 0 Å². The van der Waals surface area contributed by atoms with E-state index in [1.54, 1.807) is 0 Å². The second-order valence-electron chi connectivity index (χ2n) is 13.5. The Morgan fingerprint density at radius 2 is 0.938 bits per heavy atom. The molecule has 1 aromatic heterocycles. The lowest BCUT2D eigenvalue weighted by Crippen LogP contribution is -2.26. The molecule has 0 radical (unpaired) electrons. The number of benzene rings is 8. The van der Waals surface area contributed by atoms with Crippen LogP contribution in [0.4, 0.5) is 0 Å². The first-order valence-electron chi connectivity index (χ1n) is 16.8. The maximum absolute atomic E-state index is 2.56. The summed E-state index contributed by atoms with van der Waals surface area (Å²) in [5, 5.41) is 5.43. The molecule has 1 atom stereocenters. The summed E-state index contributed by atoms with van der Waals surface area (Å²) in [6.07, 6.45) is 0. The van der Waals surface area contributed by atoms with Crippen LogP contribution in [-0.2, 0) is 5.41 Å². The lowest BCUT2D eigenvalue weighted by atomic mass is 9.69. The second-order valence-corrected chi connectivity index (χ2v) is 14.6. The van der Waals surface area contributed by atoms with Gasteiger partial charge in [-0.1, -0.05) is 127 Å². The molecule has 48 heavy (non-hydrogen) atoms. The standard InChI is InChI=1S/C47H26S/c1-2-11-30-29(10-1)34-15-9-16-36-45(34)38(30)26-42-46(36)35-14-4-7-18-40(35)47(42)39-17-6-3-12-31(39)32-22-20-28(25-41(32)47)27-21-23-44-37(24-27)33-13-5-8-19-43(33)48-44/h1-26H. The predicted molar refractivity (Wildman–Crippen MR) is 203 cm³/mol. The predicted octanol–water partition coefficient (Wildman–Crippen LogP) is 12.9. The molecule has 0 saturated carbocycles. The highest BCUT2D eigenvalue weighted by Crippen LogP contribution is 2.66. The lowest BCUT2D eigenvalue weighted by molar-refractivity contribution is 0.795. The monoisotopic (exact) mass is 622 g/mol. The van der Waals surface area contributed by atoms with E-state index in [-0.39, 0.29) is 0 Å². The summed E-state index contributed by atoms with van der Waals surface area (Å²) in [7, 11) is 0. The van der Waals surface area contributed by atoms with E-state index >= 15 is 0 Å². The fourth-order valence-electron chi connectivity index (χ4n) is 9.58. The molecule has 0 aliphatic heterocycles. The van der Waals surface area contributed by atoms with Crippen molar-refractivity contribution >= 4 is 42.3 Å². The summed E-state index contributed by atoms with van der Waals surface area (Å²) in [5.41, 5.74) is 18.5. The van der Waals surface area contributed by atoms with Gasteiger partial charge in [-0.05, 0) is 119 Å². The zero-order valence-corrected chi connectivity index (χ0v) is 26.7. The Balaban J connectivity index is 1.20. The summed E-state index contributed by atoms with van der Waals surface area (Å²) < 4.78 is 2.69. The molecule has 1 spiro atoms. The lowest BCUT2D eigenvalue weighted by Gasteiger charge is -2.31. The molecule has 9 aromatic rings. The van der Waals surface area contributed by atoms with Crippen LogP contribution in [0.3, 0.4) is 0 Å². The van der Waals surface area contributed by atoms with E-state index in [1.165, 1.54) is 109 Å². The third-order valence-corrected chi connectivity index (χ3v) is 12.6. The van der Waals surface area contributed by atoms with Crippen LogP contribution in [0.15, 0.2) is 158 Å². The van der Waals surface area contributed by atoms with Crippen molar-refractivity contribution in [2.75, 3.05) is 0 Å². The Morgan fingerprint density at radius 1 is 0.333 bits per heavy atom. The van der Waals surface area contributed by atoms with Crippen molar-refractivity contribution < 1.29 is 0 Å². The Morgan fingerprint density at radius 3 is 1.81 bits per heavy atom. The van der Waals surface area contributed by atoms with E-state index < -0.39 is 5.41 Å². The highest BCUT2D eigenvalue weighted by Gasteiger charge is 2.52. The molecule has 0 fully saturated rings. The Labute approximate surface area is 282 Å². The van der Waals surface area contributed by atoms with Gasteiger partial charge in [0.25, 0.3) is 0 Å². The molecule has 12 rings (SSSR count). The first-order chi connectivity index (χ1) is 23.8. The molecule has 0 amide bonds. The van der Waals surface area contributed by atoms with E-state index in [9.17, 15) is 0 Å². The van der Waals surface area contributed by atoms with Gasteiger partial charge in [-0.3, -0.25) is 0 Å². The van der Waals surface area contributed by atoms with Gasteiger partial charge in [0.2, 0.25) is 0 Å². The number of thiophene rings is 1. The molecular weight excluding hydrogens is 597 g/mol. The van der Waals surface area contributed by atoms with Crippen LogP contribution in [0.5, 0.6) is 0 Å². The quantitative estimate of drug-likeness (QED) is 0.171. The molecule has 0 bridgehead atoms. The van der Waals surface area contributed by atoms with Gasteiger partial charge in [-0.15, -0.1) is 11.3 Å². The van der Waals surface area contributed by atoms with Gasteiger partial charge >= 0.3 is 0 Å². The highest BCUT2D eigenvalue weighted by atomic mass is 32.1. The molecule has 8 aromatic carbocycles. The van der Waals surface area contributed by atoms with E-state index in [2.05, 4.69) is 158 Å². The third kappa shape index (κ3) is 2.90. The van der Waals surface area contributed by atoms with Crippen molar-refractivity contribution in [3.63, 3.8) is 0 Å². The average molecular weight is 623 g/mol. The van der Waals surface area contributed by atoms with Gasteiger partial charge in [0.05, 0.1) is 5.41 Å². The van der Waals surface area contributed by atoms with Gasteiger partial charge in [0, 0.05) is 20.2 Å². The van der Waals surface area contributed by atoms with E-state index in [0.717, 1.165) is 0 Å². The summed E-state index contributed by atoms with van der Waals surface area (Å²) in [6, 6.07) is 59.9. The number of hydrogen-bond acceptors (Lipinski definition) is 1. The number of hydrogen-bond donors (Lipinski definition) is 0. The molecule has 220 valence electrons. The van der Waals surface area contributed by atoms with Crippen LogP contribution in [-0.4, -0.2) is 0 Å². The maximum atomic E-state index is 2.56. The van der Waals surface area contributed by atoms with Gasteiger partial charge in [0.1, 0.15) is 0 Å². The minimum Gasteiger partial charge on any atom is -0.135 e. The topological polar surface area (TPSA) is 0 Å². The zero-order chi connectivity index (χ0) is 31.1. The van der Waals surface area contributed by atoms with Crippen LogP contribution in [0.2, 0.25) is 0 Å². The van der Waals surface area contributed by atoms with Crippen LogP contribution in [0.1, 0.15) is 22.3 Å². The first kappa shape index (κ1) is 25.3. The number of rotatable bonds is 1. The SMILES string of the molecule is c1ccc2c(c1)-c1cccc3c4c(cc-2c13)C1(c2ccccc2-c2ccc(-c3ccc5sc6ccccc6c5c3)cc21)c1ccccc1-4. The van der Waals surface area contributed by atoms with Crippen LogP contribution in [0, 0.1) is 0 Å². The Kier molecular flexibility index (Phi) is 4.63. The van der Waals surface area contributed by atoms with Crippen LogP contribution >= 0.6 is 11.3 Å². The highest BCUT2D eigenvalue weighted by molar-refractivity contribution is 7.25. The van der Waals surface area contributed by atoms with Crippen molar-refractivity contribution in [1.82, 2.24) is 0 Å². The fraction of sp³-hybridized carbons (Fsp3) is 0.0213. The number of fused-ring (bicyclic) bond motifs is 17. The summed E-state index contributed by atoms with van der Waals surface area (Å²) >= 11 is 1.88. The fourth-order valence-corrected chi connectivity index (χ4v) is 10.7. The van der Waals surface area contributed by atoms with E-state index in [4.69, 9.17) is 0 Å². The van der Waals surface area contributed by atoms with Crippen LogP contribution in [0.25, 0.3) is 86.6 Å². The molecule has 0 saturated heterocycles. The van der Waals surface area contributed by atoms with Crippen molar-refractivity contribution in [3.8, 4) is 55.6 Å². The minimum atomic E-state index is -0.411. The van der Waals surface area contributed by atoms with Crippen LogP contribution < -0.4 is 0 Å². The van der Waals surface area contributed by atoms with Gasteiger partial charge in [-0.25, -0.2) is 0 Å². The Bertz CT molecular complexity index is 2900. The zero-order valence-electron chi connectivity index (χ0n) is 25.9. The molecular formula is C47H26S. The molecule has 1 heterocycles. The molecule has 3 aliphatic rings. The van der Waals surface area contributed by atoms with Gasteiger partial charge in [-0.2, -0.15) is 0 Å². The van der Waals surface area contributed by atoms with Gasteiger partial charge < -0.3 is 0 Å². The van der Waals surface area contributed by atoms with E-state index in [1.807, 2.05) is 11.3 Å². The van der Waals surface area contributed by atoms with Crippen molar-refractivity contribution in [2.24, 2.45) is 0 Å². The smallest absolute Gasteiger partial charge is 0.0726 e. The van der Waals surface area contributed by atoms with Crippen molar-refractivity contribution in [1.29, 1.82) is 0 Å². The average Bonchev–Trinajstić information content (AvgIpc) is 3.86. The molecule has 0 nitrogen and oxygen atoms in total. The minimum absolute atomic E-state index is 0.411. The second kappa shape index (κ2) is 8.77. The summed E-state index contributed by atoms with van der Waals surface area (Å²) in [4.78, 5) is 0. The Hall–Kier alpha value is -5.76. The summed E-state index contributed by atoms with van der Waals surface area (Å²) in [5.74, 6) is 0. The third-order valence-electron chi connectivity index (χ3n) is 11.4. The van der Waals surface area contributed by atoms with Crippen molar-refractivity contribution in [2.45, 2.75) is 5.41 Å². The largest absolute Gasteiger partial charge is 0.135 e. The first-order valence-corrected chi connectivity index (χ1v) is 17.6. The van der Waals surface area contributed by atoms with E-state index in [0.29, 0.717) is 0 Å². The molecule has 3 aliphatic carbocycles. The molecule has 1 unspecified atom stereocenters.